The summed E-state index contributed by atoms with van der Waals surface area (Å²) in [5, 5.41) is 2.77. The lowest BCUT2D eigenvalue weighted by atomic mass is 9.96. The fraction of sp³-hybridized carbons (Fsp3) is 0.421. The second-order valence-corrected chi connectivity index (χ2v) is 6.11. The van der Waals surface area contributed by atoms with Crippen LogP contribution in [0.15, 0.2) is 40.9 Å². The maximum atomic E-state index is 12.2. The smallest absolute Gasteiger partial charge is 0.331 e. The average molecular weight is 344 g/mol. The summed E-state index contributed by atoms with van der Waals surface area (Å²) in [7, 11) is 1.32. The van der Waals surface area contributed by atoms with Crippen molar-refractivity contribution in [1.82, 2.24) is 10.3 Å². The Labute approximate surface area is 147 Å². The lowest BCUT2D eigenvalue weighted by Crippen LogP contribution is -2.52. The highest BCUT2D eigenvalue weighted by atomic mass is 16.5. The van der Waals surface area contributed by atoms with Gasteiger partial charge in [-0.1, -0.05) is 43.7 Å². The molecule has 2 rings (SSSR count). The van der Waals surface area contributed by atoms with Gasteiger partial charge in [0.2, 0.25) is 5.91 Å². The summed E-state index contributed by atoms with van der Waals surface area (Å²) in [6.07, 6.45) is 3.47. The molecular formula is C19H24N2O4. The molecule has 0 aliphatic carbocycles. The molecule has 1 unspecified atom stereocenters. The third-order valence-corrected chi connectivity index (χ3v) is 3.98. The number of aromatic nitrogens is 1. The molecule has 25 heavy (non-hydrogen) atoms. The van der Waals surface area contributed by atoms with E-state index in [2.05, 4.69) is 10.3 Å². The van der Waals surface area contributed by atoms with E-state index in [9.17, 15) is 9.59 Å². The van der Waals surface area contributed by atoms with Crippen LogP contribution in [0, 0.1) is 0 Å². The Balaban J connectivity index is 1.93. The number of nitrogens with zero attached hydrogens (tertiary/aromatic N) is 1. The predicted molar refractivity (Wildman–Crippen MR) is 93.7 cm³/mol. The van der Waals surface area contributed by atoms with Gasteiger partial charge in [-0.05, 0) is 13.3 Å². The van der Waals surface area contributed by atoms with Crippen molar-refractivity contribution in [2.45, 2.75) is 45.1 Å². The van der Waals surface area contributed by atoms with Crippen LogP contribution in [0.5, 0.6) is 0 Å². The molecule has 1 aromatic heterocycles. The van der Waals surface area contributed by atoms with E-state index in [-0.39, 0.29) is 12.3 Å². The highest BCUT2D eigenvalue weighted by molar-refractivity contribution is 5.87. The lowest BCUT2D eigenvalue weighted by Gasteiger charge is -2.27. The largest absolute Gasteiger partial charge is 0.467 e. The fourth-order valence-electron chi connectivity index (χ4n) is 2.69. The summed E-state index contributed by atoms with van der Waals surface area (Å²) in [5.74, 6) is 0.483. The molecule has 6 heteroatoms. The van der Waals surface area contributed by atoms with Crippen LogP contribution in [0.2, 0.25) is 0 Å². The first kappa shape index (κ1) is 18.7. The molecule has 0 radical (unpaired) electrons. The first-order valence-electron chi connectivity index (χ1n) is 8.38. The first-order chi connectivity index (χ1) is 12.0. The van der Waals surface area contributed by atoms with Crippen molar-refractivity contribution >= 4 is 11.9 Å². The fourth-order valence-corrected chi connectivity index (χ4v) is 2.69. The number of benzene rings is 1. The number of carbonyl (C=O) groups excluding carboxylic acids is 2. The maximum absolute atomic E-state index is 12.2. The van der Waals surface area contributed by atoms with E-state index < -0.39 is 11.5 Å². The van der Waals surface area contributed by atoms with Crippen molar-refractivity contribution in [2.75, 3.05) is 7.11 Å². The molecule has 0 spiro atoms. The predicted octanol–water partition coefficient (Wildman–Crippen LogP) is 3.12. The molecule has 6 nitrogen and oxygen atoms in total. The normalized spacial score (nSPS) is 13.1. The van der Waals surface area contributed by atoms with Crippen molar-refractivity contribution in [2.24, 2.45) is 0 Å². The minimum absolute atomic E-state index is 0.186. The van der Waals surface area contributed by atoms with Gasteiger partial charge >= 0.3 is 5.97 Å². The van der Waals surface area contributed by atoms with E-state index >= 15 is 0 Å². The van der Waals surface area contributed by atoms with Gasteiger partial charge in [0, 0.05) is 18.4 Å². The number of oxazole rings is 1. The molecule has 0 saturated carbocycles. The van der Waals surface area contributed by atoms with Crippen molar-refractivity contribution in [3.05, 3.63) is 42.4 Å². The minimum Gasteiger partial charge on any atom is -0.467 e. The van der Waals surface area contributed by atoms with Crippen LogP contribution in [-0.4, -0.2) is 29.5 Å². The molecule has 1 atom stereocenters. The number of amides is 1. The quantitative estimate of drug-likeness (QED) is 0.744. The number of rotatable bonds is 8. The Hall–Kier alpha value is -2.63. The first-order valence-corrected chi connectivity index (χ1v) is 8.38. The van der Waals surface area contributed by atoms with Crippen LogP contribution in [0.4, 0.5) is 0 Å². The van der Waals surface area contributed by atoms with Gasteiger partial charge in [0.1, 0.15) is 5.54 Å². The number of methoxy groups -OCH3 is 1. The van der Waals surface area contributed by atoms with Gasteiger partial charge in [0.25, 0.3) is 0 Å². The standard InChI is InChI=1S/C19H24N2O4/c1-4-12-19(2,18(23)24-3)21-16(22)10-11-17-20-13-15(25-17)14-8-6-5-7-9-14/h5-9,13H,4,10-12H2,1-3H3,(H,21,22). The van der Waals surface area contributed by atoms with Gasteiger partial charge in [0.15, 0.2) is 11.7 Å². The highest BCUT2D eigenvalue weighted by Gasteiger charge is 2.34. The van der Waals surface area contributed by atoms with E-state index in [1.54, 1.807) is 13.1 Å². The van der Waals surface area contributed by atoms with Crippen molar-refractivity contribution in [3.63, 3.8) is 0 Å². The molecule has 1 N–H and O–H groups in total. The molecule has 1 aromatic carbocycles. The number of carbonyl (C=O) groups is 2. The Morgan fingerprint density at radius 2 is 2.00 bits per heavy atom. The zero-order valence-corrected chi connectivity index (χ0v) is 14.9. The van der Waals surface area contributed by atoms with Crippen LogP contribution in [0.1, 0.15) is 39.0 Å². The summed E-state index contributed by atoms with van der Waals surface area (Å²) in [4.78, 5) is 28.4. The summed E-state index contributed by atoms with van der Waals surface area (Å²) in [6, 6.07) is 9.64. The zero-order chi connectivity index (χ0) is 18.3. The third kappa shape index (κ3) is 4.92. The summed E-state index contributed by atoms with van der Waals surface area (Å²) in [5.41, 5.74) is -0.0706. The summed E-state index contributed by atoms with van der Waals surface area (Å²) < 4.78 is 10.5. The van der Waals surface area contributed by atoms with Crippen molar-refractivity contribution in [1.29, 1.82) is 0 Å². The number of hydrogen-bond donors (Lipinski definition) is 1. The minimum atomic E-state index is -1.01. The molecule has 1 heterocycles. The van der Waals surface area contributed by atoms with Crippen molar-refractivity contribution in [3.8, 4) is 11.3 Å². The number of hydrogen-bond acceptors (Lipinski definition) is 5. The molecule has 0 bridgehead atoms. The van der Waals surface area contributed by atoms with E-state index in [1.807, 2.05) is 37.3 Å². The Bertz CT molecular complexity index is 711. The van der Waals surface area contributed by atoms with Gasteiger partial charge < -0.3 is 14.5 Å². The number of ether oxygens (including phenoxy) is 1. The lowest BCUT2D eigenvalue weighted by molar-refractivity contribution is -0.150. The molecular weight excluding hydrogens is 320 g/mol. The second-order valence-electron chi connectivity index (χ2n) is 6.11. The molecule has 134 valence electrons. The van der Waals surface area contributed by atoms with E-state index in [1.165, 1.54) is 7.11 Å². The van der Waals surface area contributed by atoms with E-state index in [0.29, 0.717) is 24.5 Å². The molecule has 2 aromatic rings. The summed E-state index contributed by atoms with van der Waals surface area (Å²) in [6.45, 7) is 3.63. The molecule has 0 fully saturated rings. The van der Waals surface area contributed by atoms with Gasteiger partial charge in [-0.2, -0.15) is 0 Å². The average Bonchev–Trinajstić information content (AvgIpc) is 3.09. The molecule has 0 saturated heterocycles. The second kappa shape index (κ2) is 8.46. The number of aryl methyl sites for hydroxylation is 1. The van der Waals surface area contributed by atoms with Crippen LogP contribution in [0.3, 0.4) is 0 Å². The van der Waals surface area contributed by atoms with Crippen molar-refractivity contribution < 1.29 is 18.7 Å². The van der Waals surface area contributed by atoms with Crippen LogP contribution in [0.25, 0.3) is 11.3 Å². The highest BCUT2D eigenvalue weighted by Crippen LogP contribution is 2.20. The zero-order valence-electron chi connectivity index (χ0n) is 14.9. The molecule has 1 amide bonds. The Kier molecular flexibility index (Phi) is 6.33. The number of esters is 1. The molecule has 0 aliphatic rings. The van der Waals surface area contributed by atoms with Crippen LogP contribution in [-0.2, 0) is 20.7 Å². The van der Waals surface area contributed by atoms with Gasteiger partial charge in [-0.3, -0.25) is 4.79 Å². The monoisotopic (exact) mass is 344 g/mol. The van der Waals surface area contributed by atoms with Gasteiger partial charge in [0.05, 0.1) is 13.3 Å². The van der Waals surface area contributed by atoms with Crippen LogP contribution < -0.4 is 5.32 Å². The maximum Gasteiger partial charge on any atom is 0.331 e. The third-order valence-electron chi connectivity index (χ3n) is 3.98. The SMILES string of the molecule is CCCC(C)(NC(=O)CCc1ncc(-c2ccccc2)o1)C(=O)OC. The van der Waals surface area contributed by atoms with Gasteiger partial charge in [-0.15, -0.1) is 0 Å². The Morgan fingerprint density at radius 1 is 1.28 bits per heavy atom. The topological polar surface area (TPSA) is 81.4 Å². The molecule has 0 aliphatic heterocycles. The summed E-state index contributed by atoms with van der Waals surface area (Å²) >= 11 is 0. The number of nitrogens with one attached hydrogen (secondary N) is 1. The van der Waals surface area contributed by atoms with Gasteiger partial charge in [-0.25, -0.2) is 9.78 Å². The Morgan fingerprint density at radius 3 is 2.64 bits per heavy atom. The van der Waals surface area contributed by atoms with Crippen LogP contribution >= 0.6 is 0 Å². The van der Waals surface area contributed by atoms with E-state index in [4.69, 9.17) is 9.15 Å². The van der Waals surface area contributed by atoms with E-state index in [0.717, 1.165) is 12.0 Å².